The average Bonchev–Trinajstić information content (AvgIpc) is 3.57. The molecule has 0 bridgehead atoms. The van der Waals surface area contributed by atoms with Crippen LogP contribution in [-0.4, -0.2) is 4.98 Å². The van der Waals surface area contributed by atoms with Crippen molar-refractivity contribution in [3.8, 4) is 0 Å². The van der Waals surface area contributed by atoms with E-state index in [0.717, 1.165) is 33.9 Å². The Labute approximate surface area is 296 Å². The van der Waals surface area contributed by atoms with Gasteiger partial charge in [-0.05, 0) is 96.8 Å². The van der Waals surface area contributed by atoms with Crippen molar-refractivity contribution in [1.82, 2.24) is 9.97 Å². The summed E-state index contributed by atoms with van der Waals surface area (Å²) in [6, 6.07) is 30.6. The van der Waals surface area contributed by atoms with Gasteiger partial charge in [0.15, 0.2) is 0 Å². The molecule has 247 valence electrons. The van der Waals surface area contributed by atoms with Gasteiger partial charge in [0, 0.05) is 40.0 Å². The first-order valence-electron chi connectivity index (χ1n) is 16.2. The molecule has 1 aliphatic heterocycles. The second-order valence-electron chi connectivity index (χ2n) is 14.9. The first kappa shape index (κ1) is 34.5. The molecule has 1 radical (unpaired) electrons. The maximum atomic E-state index is 4.80. The van der Waals surface area contributed by atoms with Gasteiger partial charge in [0.25, 0.3) is 0 Å². The second kappa shape index (κ2) is 13.0. The molecule has 5 heteroatoms. The van der Waals surface area contributed by atoms with Crippen molar-refractivity contribution in [2.24, 2.45) is 0 Å². The van der Waals surface area contributed by atoms with Gasteiger partial charge in [-0.1, -0.05) is 112 Å². The van der Waals surface area contributed by atoms with E-state index in [1.54, 1.807) is 0 Å². The van der Waals surface area contributed by atoms with Crippen molar-refractivity contribution in [1.29, 1.82) is 0 Å². The zero-order valence-corrected chi connectivity index (χ0v) is 31.5. The van der Waals surface area contributed by atoms with Crippen LogP contribution in [0.3, 0.4) is 0 Å². The van der Waals surface area contributed by atoms with Gasteiger partial charge in [0.05, 0.1) is 5.69 Å². The van der Waals surface area contributed by atoms with E-state index in [4.69, 9.17) is 9.97 Å². The number of nitrogens with zero attached hydrogens (tertiary/aromatic N) is 4. The standard InChI is InChI=1S/C26H30N3.C16H16N.Au/c1-25(2,3)19-10-7-12-21(16-19)28-18-29(24-23(28)14-9-15-27-24)22-13-8-11-20(17-22)26(4,5)6;1-9-5-11(3)15-13(7-9)14-8-10(2)6-12(4)16(14)17-15;/h7-18H,1-6H3;5-8H,1-4H3;/q2*-1;. The van der Waals surface area contributed by atoms with Gasteiger partial charge in [-0.2, -0.15) is 0 Å². The fourth-order valence-corrected chi connectivity index (χ4v) is 6.37. The molecular weight excluding hydrogens is 757 g/mol. The molecule has 0 saturated carbocycles. The third kappa shape index (κ3) is 6.92. The Morgan fingerprint density at radius 1 is 0.596 bits per heavy atom. The number of rotatable bonds is 2. The van der Waals surface area contributed by atoms with E-state index in [1.807, 2.05) is 12.3 Å². The Morgan fingerprint density at radius 3 is 1.57 bits per heavy atom. The zero-order chi connectivity index (χ0) is 33.0. The van der Waals surface area contributed by atoms with Crippen LogP contribution in [0.15, 0.2) is 91.1 Å². The zero-order valence-electron chi connectivity index (χ0n) is 29.3. The fourth-order valence-electron chi connectivity index (χ4n) is 6.37. The molecule has 2 aromatic heterocycles. The van der Waals surface area contributed by atoms with Crippen molar-refractivity contribution >= 4 is 44.7 Å². The molecule has 0 fully saturated rings. The number of aromatic nitrogens is 2. The van der Waals surface area contributed by atoms with E-state index in [1.165, 1.54) is 44.2 Å². The Morgan fingerprint density at radius 2 is 1.09 bits per heavy atom. The molecule has 4 aromatic carbocycles. The van der Waals surface area contributed by atoms with Crippen molar-refractivity contribution in [2.75, 3.05) is 9.80 Å². The number of pyridine rings is 1. The van der Waals surface area contributed by atoms with Gasteiger partial charge in [-0.3, -0.25) is 0 Å². The Balaban J connectivity index is 0.000000205. The molecule has 0 unspecified atom stereocenters. The van der Waals surface area contributed by atoms with Crippen molar-refractivity contribution in [3.63, 3.8) is 0 Å². The minimum Gasteiger partial charge on any atom is -0.656 e. The van der Waals surface area contributed by atoms with Crippen LogP contribution in [0.2, 0.25) is 0 Å². The summed E-state index contributed by atoms with van der Waals surface area (Å²) in [6.07, 6.45) is 1.86. The molecule has 0 N–H and O–H groups in total. The van der Waals surface area contributed by atoms with Crippen LogP contribution in [-0.2, 0) is 33.2 Å². The second-order valence-corrected chi connectivity index (χ2v) is 14.9. The third-order valence-corrected chi connectivity index (χ3v) is 8.87. The molecule has 0 amide bonds. The molecule has 3 heterocycles. The Bertz CT molecular complexity index is 1910. The largest absolute Gasteiger partial charge is 0.656 e. The fraction of sp³-hybridized carbons (Fsp3) is 0.286. The van der Waals surface area contributed by atoms with Gasteiger partial charge in [0.1, 0.15) is 5.82 Å². The SMILES string of the molecule is CC(C)(C)c1cccc(N2[CH-]N(c3cccc(C(C)(C)C)c3)c3ncccc32)c1.Cc1cc(C)c2[n-]c3c(C)cc(C)cc3c2c1.[Au]. The van der Waals surface area contributed by atoms with Crippen LogP contribution < -0.4 is 14.8 Å². The van der Waals surface area contributed by atoms with E-state index in [2.05, 4.69) is 165 Å². The van der Waals surface area contributed by atoms with Gasteiger partial charge in [-0.25, -0.2) is 4.98 Å². The summed E-state index contributed by atoms with van der Waals surface area (Å²) in [5.41, 5.74) is 13.7. The number of hydrogen-bond acceptors (Lipinski definition) is 3. The first-order chi connectivity index (χ1) is 21.7. The first-order valence-corrected chi connectivity index (χ1v) is 16.2. The molecule has 0 aliphatic carbocycles. The van der Waals surface area contributed by atoms with Crippen LogP contribution in [0.4, 0.5) is 22.9 Å². The number of aryl methyl sites for hydroxylation is 4. The summed E-state index contributed by atoms with van der Waals surface area (Å²) in [6.45, 7) is 24.2. The van der Waals surface area contributed by atoms with Crippen molar-refractivity contribution in [2.45, 2.75) is 80.1 Å². The number of benzene rings is 4. The van der Waals surface area contributed by atoms with Crippen LogP contribution in [0.5, 0.6) is 0 Å². The molecule has 47 heavy (non-hydrogen) atoms. The molecule has 0 spiro atoms. The molecule has 0 atom stereocenters. The maximum Gasteiger partial charge on any atom is 0.126 e. The van der Waals surface area contributed by atoms with E-state index < -0.39 is 0 Å². The molecule has 7 rings (SSSR count). The van der Waals surface area contributed by atoms with Crippen molar-refractivity contribution < 1.29 is 22.4 Å². The van der Waals surface area contributed by atoms with Gasteiger partial charge >= 0.3 is 0 Å². The summed E-state index contributed by atoms with van der Waals surface area (Å²) in [4.78, 5) is 13.9. The summed E-state index contributed by atoms with van der Waals surface area (Å²) in [7, 11) is 0. The number of anilines is 4. The summed E-state index contributed by atoms with van der Waals surface area (Å²) < 4.78 is 0. The topological polar surface area (TPSA) is 33.5 Å². The minimum atomic E-state index is 0. The summed E-state index contributed by atoms with van der Waals surface area (Å²) >= 11 is 0. The maximum absolute atomic E-state index is 4.80. The quantitative estimate of drug-likeness (QED) is 0.129. The predicted octanol–water partition coefficient (Wildman–Crippen LogP) is 11.3. The van der Waals surface area contributed by atoms with Gasteiger partial charge < -0.3 is 14.8 Å². The molecule has 4 nitrogen and oxygen atoms in total. The Hall–Kier alpha value is -3.83. The molecule has 0 saturated heterocycles. The number of fused-ring (bicyclic) bond motifs is 4. The third-order valence-electron chi connectivity index (χ3n) is 8.87. The number of hydrogen-bond donors (Lipinski definition) is 0. The van der Waals surface area contributed by atoms with E-state index >= 15 is 0 Å². The monoisotopic (exact) mass is 803 g/mol. The summed E-state index contributed by atoms with van der Waals surface area (Å²) in [5, 5.41) is 2.59. The van der Waals surface area contributed by atoms with Crippen LogP contribution >= 0.6 is 0 Å². The normalized spacial score (nSPS) is 13.0. The molecule has 6 aromatic rings. The minimum absolute atomic E-state index is 0. The van der Waals surface area contributed by atoms with E-state index in [0.29, 0.717) is 0 Å². The van der Waals surface area contributed by atoms with Gasteiger partial charge in [0.2, 0.25) is 0 Å². The molecular formula is C42H46AuN4-2. The van der Waals surface area contributed by atoms with Crippen molar-refractivity contribution in [3.05, 3.63) is 131 Å². The smallest absolute Gasteiger partial charge is 0.126 e. The predicted molar refractivity (Wildman–Crippen MR) is 197 cm³/mol. The van der Waals surface area contributed by atoms with E-state index in [9.17, 15) is 0 Å². The average molecular weight is 804 g/mol. The summed E-state index contributed by atoms with van der Waals surface area (Å²) in [5.74, 6) is 0.958. The Kier molecular flexibility index (Phi) is 9.54. The van der Waals surface area contributed by atoms with Gasteiger partial charge in [-0.15, -0.1) is 17.7 Å². The van der Waals surface area contributed by atoms with Crippen LogP contribution in [0.25, 0.3) is 21.8 Å². The van der Waals surface area contributed by atoms with Crippen LogP contribution in [0, 0.1) is 34.4 Å². The van der Waals surface area contributed by atoms with E-state index in [-0.39, 0.29) is 33.2 Å². The van der Waals surface area contributed by atoms with Crippen LogP contribution in [0.1, 0.15) is 74.9 Å². The molecule has 1 aliphatic rings.